The van der Waals surface area contributed by atoms with Crippen LogP contribution >= 0.6 is 0 Å². The highest BCUT2D eigenvalue weighted by Crippen LogP contribution is 2.36. The second kappa shape index (κ2) is 6.18. The number of Topliss-reactive ketones (excluding diaryl/α,β-unsaturated/α-hetero) is 1. The first kappa shape index (κ1) is 17.5. The fraction of sp³-hybridized carbons (Fsp3) is 0.235. The van der Waals surface area contributed by atoms with Crippen molar-refractivity contribution in [2.24, 2.45) is 5.92 Å². The molecular weight excluding hydrogens is 355 g/mol. The number of alkyl halides is 3. The molecule has 0 unspecified atom stereocenters. The van der Waals surface area contributed by atoms with Gasteiger partial charge in [0, 0.05) is 11.5 Å². The van der Waals surface area contributed by atoms with Crippen molar-refractivity contribution in [2.45, 2.75) is 23.9 Å². The number of hydrogen-bond acceptors (Lipinski definition) is 3. The maximum atomic E-state index is 13.0. The van der Waals surface area contributed by atoms with Crippen LogP contribution in [0.15, 0.2) is 53.4 Å². The molecule has 3 rings (SSSR count). The number of hydrogen-bond donors (Lipinski definition) is 1. The third kappa shape index (κ3) is 3.84. The van der Waals surface area contributed by atoms with Crippen LogP contribution in [-0.4, -0.2) is 14.2 Å². The second-order valence-corrected chi connectivity index (χ2v) is 7.49. The predicted molar refractivity (Wildman–Crippen MR) is 85.7 cm³/mol. The van der Waals surface area contributed by atoms with Gasteiger partial charge in [-0.2, -0.15) is 13.2 Å². The zero-order chi connectivity index (χ0) is 18.2. The molecule has 0 bridgehead atoms. The van der Waals surface area contributed by atoms with Crippen molar-refractivity contribution in [3.63, 3.8) is 0 Å². The van der Waals surface area contributed by atoms with Gasteiger partial charge in [-0.05, 0) is 37.1 Å². The smallest absolute Gasteiger partial charge is 0.294 e. The average Bonchev–Trinajstić information content (AvgIpc) is 3.38. The van der Waals surface area contributed by atoms with Crippen molar-refractivity contribution < 1.29 is 26.4 Å². The lowest BCUT2D eigenvalue weighted by molar-refractivity contribution is -0.136. The van der Waals surface area contributed by atoms with Crippen LogP contribution in [0.2, 0.25) is 0 Å². The van der Waals surface area contributed by atoms with E-state index < -0.39 is 27.5 Å². The zero-order valence-corrected chi connectivity index (χ0v) is 13.7. The second-order valence-electron chi connectivity index (χ2n) is 5.81. The lowest BCUT2D eigenvalue weighted by atomic mass is 10.1. The molecule has 132 valence electrons. The molecule has 0 radical (unpaired) electrons. The van der Waals surface area contributed by atoms with Gasteiger partial charge in [-0.15, -0.1) is 0 Å². The minimum atomic E-state index is -4.68. The van der Waals surface area contributed by atoms with Gasteiger partial charge in [0.05, 0.1) is 16.1 Å². The number of para-hydroxylation sites is 1. The predicted octanol–water partition coefficient (Wildman–Crippen LogP) is 4.10. The van der Waals surface area contributed by atoms with Crippen molar-refractivity contribution in [3.8, 4) is 0 Å². The molecular formula is C17H14F3NO3S. The lowest BCUT2D eigenvalue weighted by Gasteiger charge is -2.14. The SMILES string of the molecule is O=C(c1ccc(S(=O)(=O)Nc2ccccc2C(F)(F)F)cc1)C1CC1. The first-order valence-electron chi connectivity index (χ1n) is 7.52. The molecule has 0 atom stereocenters. The summed E-state index contributed by atoms with van der Waals surface area (Å²) < 4.78 is 65.6. The molecule has 0 amide bonds. The van der Waals surface area contributed by atoms with E-state index in [1.807, 2.05) is 4.72 Å². The molecule has 1 N–H and O–H groups in total. The number of halogens is 3. The van der Waals surface area contributed by atoms with Gasteiger partial charge in [0.15, 0.2) is 5.78 Å². The molecule has 2 aromatic rings. The normalized spacial score (nSPS) is 15.0. The molecule has 0 saturated heterocycles. The summed E-state index contributed by atoms with van der Waals surface area (Å²) in [4.78, 5) is 11.7. The van der Waals surface area contributed by atoms with E-state index in [2.05, 4.69) is 0 Å². The summed E-state index contributed by atoms with van der Waals surface area (Å²) in [6, 6.07) is 9.53. The molecule has 1 saturated carbocycles. The van der Waals surface area contributed by atoms with E-state index in [9.17, 15) is 26.4 Å². The van der Waals surface area contributed by atoms with Gasteiger partial charge in [-0.1, -0.05) is 24.3 Å². The van der Waals surface area contributed by atoms with Gasteiger partial charge in [-0.25, -0.2) is 8.42 Å². The minimum absolute atomic E-state index is 0.000699. The molecule has 0 aliphatic heterocycles. The van der Waals surface area contributed by atoms with Crippen LogP contribution in [0.1, 0.15) is 28.8 Å². The topological polar surface area (TPSA) is 63.2 Å². The Bertz CT molecular complexity index is 901. The number of nitrogens with one attached hydrogen (secondary N) is 1. The van der Waals surface area contributed by atoms with E-state index in [1.54, 1.807) is 0 Å². The molecule has 1 fully saturated rings. The lowest BCUT2D eigenvalue weighted by Crippen LogP contribution is -2.17. The number of benzene rings is 2. The van der Waals surface area contributed by atoms with Crippen molar-refractivity contribution in [3.05, 3.63) is 59.7 Å². The number of rotatable bonds is 5. The van der Waals surface area contributed by atoms with Crippen LogP contribution in [0.3, 0.4) is 0 Å². The highest BCUT2D eigenvalue weighted by molar-refractivity contribution is 7.92. The molecule has 1 aliphatic rings. The molecule has 2 aromatic carbocycles. The Morgan fingerprint density at radius 1 is 1.00 bits per heavy atom. The summed E-state index contributed by atoms with van der Waals surface area (Å²) in [5.74, 6) is -0.0430. The third-order valence-electron chi connectivity index (χ3n) is 3.87. The van der Waals surface area contributed by atoms with Gasteiger partial charge >= 0.3 is 6.18 Å². The van der Waals surface area contributed by atoms with E-state index in [0.29, 0.717) is 5.56 Å². The highest BCUT2D eigenvalue weighted by atomic mass is 32.2. The van der Waals surface area contributed by atoms with Gasteiger partial charge in [0.25, 0.3) is 10.0 Å². The van der Waals surface area contributed by atoms with Crippen molar-refractivity contribution in [1.82, 2.24) is 0 Å². The van der Waals surface area contributed by atoms with E-state index in [4.69, 9.17) is 0 Å². The molecule has 0 aromatic heterocycles. The van der Waals surface area contributed by atoms with Crippen LogP contribution in [0.25, 0.3) is 0 Å². The molecule has 4 nitrogen and oxygen atoms in total. The number of anilines is 1. The standard InChI is InChI=1S/C17H14F3NO3S/c18-17(19,20)14-3-1-2-4-15(14)21-25(23,24)13-9-7-12(8-10-13)16(22)11-5-6-11/h1-4,7-11,21H,5-6H2. The number of sulfonamides is 1. The Hall–Kier alpha value is -2.35. The maximum Gasteiger partial charge on any atom is 0.418 e. The Labute approximate surface area is 142 Å². The zero-order valence-electron chi connectivity index (χ0n) is 12.9. The van der Waals surface area contributed by atoms with E-state index in [-0.39, 0.29) is 16.6 Å². The van der Waals surface area contributed by atoms with Crippen LogP contribution in [0.5, 0.6) is 0 Å². The number of ketones is 1. The number of carbonyl (C=O) groups is 1. The van der Waals surface area contributed by atoms with Crippen LogP contribution in [0, 0.1) is 5.92 Å². The Balaban J connectivity index is 1.86. The van der Waals surface area contributed by atoms with Gasteiger partial charge in [0.2, 0.25) is 0 Å². The molecule has 8 heteroatoms. The van der Waals surface area contributed by atoms with Crippen molar-refractivity contribution in [1.29, 1.82) is 0 Å². The average molecular weight is 369 g/mol. The monoisotopic (exact) mass is 369 g/mol. The van der Waals surface area contributed by atoms with E-state index in [1.165, 1.54) is 36.4 Å². The van der Waals surface area contributed by atoms with Crippen molar-refractivity contribution in [2.75, 3.05) is 4.72 Å². The summed E-state index contributed by atoms with van der Waals surface area (Å²) in [6.45, 7) is 0. The van der Waals surface area contributed by atoms with Crippen LogP contribution in [0.4, 0.5) is 18.9 Å². The van der Waals surface area contributed by atoms with Gasteiger partial charge < -0.3 is 0 Å². The van der Waals surface area contributed by atoms with Crippen LogP contribution < -0.4 is 4.72 Å². The first-order chi connectivity index (χ1) is 11.7. The van der Waals surface area contributed by atoms with E-state index >= 15 is 0 Å². The quantitative estimate of drug-likeness (QED) is 0.807. The maximum absolute atomic E-state index is 13.0. The molecule has 25 heavy (non-hydrogen) atoms. The Morgan fingerprint density at radius 3 is 2.16 bits per heavy atom. The third-order valence-corrected chi connectivity index (χ3v) is 5.26. The summed E-state index contributed by atoms with van der Waals surface area (Å²) in [5, 5.41) is 0. The summed E-state index contributed by atoms with van der Waals surface area (Å²) >= 11 is 0. The molecule has 1 aliphatic carbocycles. The highest BCUT2D eigenvalue weighted by Gasteiger charge is 2.34. The Morgan fingerprint density at radius 2 is 1.60 bits per heavy atom. The van der Waals surface area contributed by atoms with Gasteiger partial charge in [-0.3, -0.25) is 9.52 Å². The number of carbonyl (C=O) groups excluding carboxylic acids is 1. The largest absolute Gasteiger partial charge is 0.418 e. The van der Waals surface area contributed by atoms with Crippen LogP contribution in [-0.2, 0) is 16.2 Å². The fourth-order valence-electron chi connectivity index (χ4n) is 2.40. The molecule has 0 heterocycles. The fourth-order valence-corrected chi connectivity index (χ4v) is 3.48. The summed E-state index contributed by atoms with van der Waals surface area (Å²) in [6.07, 6.45) is -3.02. The van der Waals surface area contributed by atoms with E-state index in [0.717, 1.165) is 25.0 Å². The first-order valence-corrected chi connectivity index (χ1v) is 9.00. The van der Waals surface area contributed by atoms with Gasteiger partial charge in [0.1, 0.15) is 0 Å². The molecule has 0 spiro atoms. The Kier molecular flexibility index (Phi) is 4.32. The summed E-state index contributed by atoms with van der Waals surface area (Å²) in [5.41, 5.74) is -1.22. The summed E-state index contributed by atoms with van der Waals surface area (Å²) in [7, 11) is -4.20. The minimum Gasteiger partial charge on any atom is -0.294 e. The van der Waals surface area contributed by atoms with Crippen molar-refractivity contribution >= 4 is 21.5 Å².